The molecule has 3 atom stereocenters. The zero-order valence-electron chi connectivity index (χ0n) is 14.8. The van der Waals surface area contributed by atoms with Crippen LogP contribution in [0.2, 0.25) is 5.02 Å². The van der Waals surface area contributed by atoms with Crippen LogP contribution in [0.3, 0.4) is 0 Å². The lowest BCUT2D eigenvalue weighted by Crippen LogP contribution is -2.28. The van der Waals surface area contributed by atoms with Crippen LogP contribution in [0.25, 0.3) is 17.2 Å². The molecule has 142 valence electrons. The van der Waals surface area contributed by atoms with Gasteiger partial charge in [-0.05, 0) is 55.7 Å². The first kappa shape index (κ1) is 19.8. The highest BCUT2D eigenvalue weighted by atomic mass is 35.5. The van der Waals surface area contributed by atoms with Crippen LogP contribution in [0.5, 0.6) is 0 Å². The third kappa shape index (κ3) is 3.84. The number of nitrogens with zero attached hydrogens (tertiary/aromatic N) is 4. The highest BCUT2D eigenvalue weighted by Crippen LogP contribution is 2.35. The summed E-state index contributed by atoms with van der Waals surface area (Å²) in [5.74, 6) is 1.40. The average Bonchev–Trinajstić information content (AvgIpc) is 3.20. The van der Waals surface area contributed by atoms with Gasteiger partial charge in [-0.1, -0.05) is 17.7 Å². The second-order valence-electron chi connectivity index (χ2n) is 6.75. The fraction of sp³-hybridized carbons (Fsp3) is 0.316. The molecule has 8 heteroatoms. The first-order valence-electron chi connectivity index (χ1n) is 8.61. The van der Waals surface area contributed by atoms with Crippen molar-refractivity contribution in [2.24, 2.45) is 5.73 Å². The third-order valence-corrected chi connectivity index (χ3v) is 5.09. The Morgan fingerprint density at radius 1 is 1.22 bits per heavy atom. The number of benzene rings is 1. The normalized spacial score (nSPS) is 21.9. The standard InChI is InChI=1S/C19H20ClN5O.ClH/c1-11-8-13(20)5-6-16(11)25-19(12-9-14(21)17(26)10-12)23-18(24-25)15-4-2-3-7-22-15;/h2-8,12,14,17,26H,9-10,21H2,1H3;1H/t12-,14-,17-;/m0./s1. The van der Waals surface area contributed by atoms with E-state index in [0.717, 1.165) is 17.1 Å². The minimum atomic E-state index is -0.519. The van der Waals surface area contributed by atoms with Crippen molar-refractivity contribution in [3.05, 3.63) is 59.0 Å². The van der Waals surface area contributed by atoms with Gasteiger partial charge in [0.15, 0.2) is 5.82 Å². The van der Waals surface area contributed by atoms with E-state index >= 15 is 0 Å². The van der Waals surface area contributed by atoms with Gasteiger partial charge in [0, 0.05) is 23.2 Å². The molecule has 1 saturated carbocycles. The molecule has 0 bridgehead atoms. The number of aromatic nitrogens is 4. The summed E-state index contributed by atoms with van der Waals surface area (Å²) in [6.07, 6.45) is 2.45. The van der Waals surface area contributed by atoms with E-state index < -0.39 is 6.10 Å². The van der Waals surface area contributed by atoms with E-state index in [4.69, 9.17) is 27.4 Å². The Morgan fingerprint density at radius 3 is 2.67 bits per heavy atom. The van der Waals surface area contributed by atoms with E-state index in [1.54, 1.807) is 6.20 Å². The third-order valence-electron chi connectivity index (χ3n) is 4.86. The molecule has 0 unspecified atom stereocenters. The first-order chi connectivity index (χ1) is 12.5. The Labute approximate surface area is 168 Å². The maximum Gasteiger partial charge on any atom is 0.200 e. The number of aliphatic hydroxyl groups is 1. The Morgan fingerprint density at radius 2 is 2.04 bits per heavy atom. The van der Waals surface area contributed by atoms with E-state index in [-0.39, 0.29) is 24.4 Å². The van der Waals surface area contributed by atoms with Gasteiger partial charge in [0.05, 0.1) is 11.8 Å². The van der Waals surface area contributed by atoms with Crippen molar-refractivity contribution in [1.29, 1.82) is 0 Å². The predicted octanol–water partition coefficient (Wildman–Crippen LogP) is 3.28. The first-order valence-corrected chi connectivity index (χ1v) is 8.99. The van der Waals surface area contributed by atoms with E-state index in [0.29, 0.717) is 29.4 Å². The van der Waals surface area contributed by atoms with Gasteiger partial charge in [-0.25, -0.2) is 9.67 Å². The van der Waals surface area contributed by atoms with Gasteiger partial charge < -0.3 is 10.8 Å². The Bertz CT molecular complexity index is 921. The molecule has 1 aromatic carbocycles. The molecule has 0 aliphatic heterocycles. The van der Waals surface area contributed by atoms with Gasteiger partial charge in [0.25, 0.3) is 0 Å². The molecule has 3 aromatic rings. The lowest BCUT2D eigenvalue weighted by atomic mass is 10.1. The smallest absolute Gasteiger partial charge is 0.200 e. The summed E-state index contributed by atoms with van der Waals surface area (Å²) in [5.41, 5.74) is 8.65. The molecule has 1 fully saturated rings. The molecular formula is C19H21Cl2N5O. The molecule has 0 saturated heterocycles. The van der Waals surface area contributed by atoms with Crippen molar-refractivity contribution in [3.8, 4) is 17.2 Å². The lowest BCUT2D eigenvalue weighted by molar-refractivity contribution is 0.163. The maximum atomic E-state index is 10.1. The van der Waals surface area contributed by atoms with E-state index in [9.17, 15) is 5.11 Å². The second kappa shape index (κ2) is 7.94. The number of nitrogens with two attached hydrogens (primary N) is 1. The van der Waals surface area contributed by atoms with Crippen LogP contribution in [0.4, 0.5) is 0 Å². The molecule has 2 heterocycles. The molecule has 0 radical (unpaired) electrons. The monoisotopic (exact) mass is 405 g/mol. The largest absolute Gasteiger partial charge is 0.391 e. The SMILES string of the molecule is Cc1cc(Cl)ccc1-n1nc(-c2ccccn2)nc1[C@H]1C[C@H](N)[C@@H](O)C1.Cl. The van der Waals surface area contributed by atoms with Crippen molar-refractivity contribution in [2.45, 2.75) is 37.8 Å². The highest BCUT2D eigenvalue weighted by Gasteiger charge is 2.35. The van der Waals surface area contributed by atoms with E-state index in [1.807, 2.05) is 48.0 Å². The van der Waals surface area contributed by atoms with Gasteiger partial charge in [-0.15, -0.1) is 17.5 Å². The number of aliphatic hydroxyl groups excluding tert-OH is 1. The fourth-order valence-electron chi connectivity index (χ4n) is 3.48. The lowest BCUT2D eigenvalue weighted by Gasteiger charge is -2.13. The summed E-state index contributed by atoms with van der Waals surface area (Å²) in [6.45, 7) is 1.99. The molecule has 0 amide bonds. The fourth-order valence-corrected chi connectivity index (χ4v) is 3.71. The van der Waals surface area contributed by atoms with Gasteiger partial charge in [-0.2, -0.15) is 0 Å². The van der Waals surface area contributed by atoms with Crippen LogP contribution >= 0.6 is 24.0 Å². The number of hydrogen-bond acceptors (Lipinski definition) is 5. The molecule has 6 nitrogen and oxygen atoms in total. The van der Waals surface area contributed by atoms with Crippen LogP contribution in [0.1, 0.15) is 30.1 Å². The van der Waals surface area contributed by atoms with Crippen LogP contribution < -0.4 is 5.73 Å². The van der Waals surface area contributed by atoms with Gasteiger partial charge in [0.2, 0.25) is 0 Å². The molecule has 4 rings (SSSR count). The zero-order valence-corrected chi connectivity index (χ0v) is 16.4. The number of rotatable bonds is 3. The average molecular weight is 406 g/mol. The molecule has 3 N–H and O–H groups in total. The quantitative estimate of drug-likeness (QED) is 0.697. The maximum absolute atomic E-state index is 10.1. The van der Waals surface area contributed by atoms with Crippen molar-refractivity contribution in [2.75, 3.05) is 0 Å². The number of hydrogen-bond donors (Lipinski definition) is 2. The summed E-state index contributed by atoms with van der Waals surface area (Å²) in [7, 11) is 0. The van der Waals surface area contributed by atoms with Gasteiger partial charge in [-0.3, -0.25) is 4.98 Å². The zero-order chi connectivity index (χ0) is 18.3. The van der Waals surface area contributed by atoms with Crippen LogP contribution in [0.15, 0.2) is 42.6 Å². The number of pyridine rings is 1. The summed E-state index contributed by atoms with van der Waals surface area (Å²) >= 11 is 6.11. The number of halogens is 2. The van der Waals surface area contributed by atoms with Crippen molar-refractivity contribution in [3.63, 3.8) is 0 Å². The van der Waals surface area contributed by atoms with Crippen LogP contribution in [-0.2, 0) is 0 Å². The summed E-state index contributed by atoms with van der Waals surface area (Å²) < 4.78 is 1.84. The van der Waals surface area contributed by atoms with E-state index in [2.05, 4.69) is 4.98 Å². The van der Waals surface area contributed by atoms with E-state index in [1.165, 1.54) is 0 Å². The highest BCUT2D eigenvalue weighted by molar-refractivity contribution is 6.30. The van der Waals surface area contributed by atoms with Crippen molar-refractivity contribution >= 4 is 24.0 Å². The van der Waals surface area contributed by atoms with Gasteiger partial charge >= 0.3 is 0 Å². The molecule has 0 spiro atoms. The summed E-state index contributed by atoms with van der Waals surface area (Å²) in [6, 6.07) is 11.1. The topological polar surface area (TPSA) is 89.9 Å². The summed E-state index contributed by atoms with van der Waals surface area (Å²) in [5, 5.41) is 15.5. The molecule has 1 aliphatic carbocycles. The molecule has 27 heavy (non-hydrogen) atoms. The Balaban J connectivity index is 0.00000210. The minimum absolute atomic E-state index is 0. The molecule has 2 aromatic heterocycles. The second-order valence-corrected chi connectivity index (χ2v) is 7.19. The van der Waals surface area contributed by atoms with Crippen LogP contribution in [-0.4, -0.2) is 37.0 Å². The van der Waals surface area contributed by atoms with Crippen molar-refractivity contribution in [1.82, 2.24) is 19.7 Å². The Kier molecular flexibility index (Phi) is 5.81. The molecule has 1 aliphatic rings. The van der Waals surface area contributed by atoms with Crippen LogP contribution in [0, 0.1) is 6.92 Å². The predicted molar refractivity (Wildman–Crippen MR) is 108 cm³/mol. The minimum Gasteiger partial charge on any atom is -0.391 e. The van der Waals surface area contributed by atoms with Crippen molar-refractivity contribution < 1.29 is 5.11 Å². The molecular weight excluding hydrogens is 385 g/mol. The van der Waals surface area contributed by atoms with Gasteiger partial charge in [0.1, 0.15) is 11.5 Å². The number of aryl methyl sites for hydroxylation is 1. The Hall–Kier alpha value is -1.99. The summed E-state index contributed by atoms with van der Waals surface area (Å²) in [4.78, 5) is 9.12.